The fraction of sp³-hybridized carbons (Fsp3) is 0.381. The molecule has 0 amide bonds. The van der Waals surface area contributed by atoms with Crippen molar-refractivity contribution in [1.29, 1.82) is 0 Å². The Morgan fingerprint density at radius 2 is 1.81 bits per heavy atom. The van der Waals surface area contributed by atoms with Gasteiger partial charge in [-0.3, -0.25) is 0 Å². The van der Waals surface area contributed by atoms with E-state index in [0.717, 1.165) is 22.6 Å². The Hall–Kier alpha value is -1.80. The fourth-order valence-corrected chi connectivity index (χ4v) is 2.46. The van der Waals surface area contributed by atoms with Crippen LogP contribution in [0.3, 0.4) is 0 Å². The second kappa shape index (κ2) is 11.8. The van der Waals surface area contributed by atoms with Gasteiger partial charge in [0, 0.05) is 17.9 Å². The highest BCUT2D eigenvalue weighted by atomic mass is 127. The number of hydrogen-bond acceptors (Lipinski definition) is 3. The molecular weight excluding hydrogens is 453 g/mol. The molecule has 3 N–H and O–H groups in total. The molecule has 0 aromatic heterocycles. The third kappa shape index (κ3) is 7.76. The van der Waals surface area contributed by atoms with Gasteiger partial charge in [-0.05, 0) is 62.6 Å². The van der Waals surface area contributed by atoms with Crippen LogP contribution in [0.2, 0.25) is 0 Å². The van der Waals surface area contributed by atoms with Crippen LogP contribution >= 0.6 is 24.0 Å². The average Bonchev–Trinajstić information content (AvgIpc) is 2.61. The largest absolute Gasteiger partial charge is 0.491 e. The highest BCUT2D eigenvalue weighted by Crippen LogP contribution is 2.21. The van der Waals surface area contributed by atoms with Crippen LogP contribution in [0.15, 0.2) is 41.4 Å². The Morgan fingerprint density at radius 1 is 1.04 bits per heavy atom. The van der Waals surface area contributed by atoms with Crippen LogP contribution < -0.4 is 15.8 Å². The van der Waals surface area contributed by atoms with Gasteiger partial charge in [-0.2, -0.15) is 0 Å². The molecule has 5 nitrogen and oxygen atoms in total. The second-order valence-corrected chi connectivity index (χ2v) is 6.28. The van der Waals surface area contributed by atoms with E-state index in [0.29, 0.717) is 32.3 Å². The molecule has 0 radical (unpaired) electrons. The van der Waals surface area contributed by atoms with E-state index in [4.69, 9.17) is 15.2 Å². The predicted octanol–water partition coefficient (Wildman–Crippen LogP) is 4.57. The van der Waals surface area contributed by atoms with Gasteiger partial charge in [-0.1, -0.05) is 18.2 Å². The summed E-state index contributed by atoms with van der Waals surface area (Å²) in [6.07, 6.45) is 0. The minimum Gasteiger partial charge on any atom is -0.491 e. The van der Waals surface area contributed by atoms with Gasteiger partial charge < -0.3 is 20.5 Å². The molecule has 0 unspecified atom stereocenters. The first-order valence-electron chi connectivity index (χ1n) is 8.94. The Morgan fingerprint density at radius 3 is 2.52 bits per heavy atom. The van der Waals surface area contributed by atoms with Gasteiger partial charge >= 0.3 is 0 Å². The van der Waals surface area contributed by atoms with Gasteiger partial charge in [0.2, 0.25) is 0 Å². The van der Waals surface area contributed by atoms with Crippen molar-refractivity contribution < 1.29 is 9.47 Å². The molecule has 0 aliphatic carbocycles. The Balaban J connectivity index is 0.00000364. The van der Waals surface area contributed by atoms with Gasteiger partial charge in [0.15, 0.2) is 5.96 Å². The summed E-state index contributed by atoms with van der Waals surface area (Å²) in [5.41, 5.74) is 11.6. The number of aliphatic imine (C=N–C) groups is 1. The molecule has 27 heavy (non-hydrogen) atoms. The van der Waals surface area contributed by atoms with E-state index in [1.165, 1.54) is 11.1 Å². The zero-order valence-corrected chi connectivity index (χ0v) is 18.9. The van der Waals surface area contributed by atoms with Crippen molar-refractivity contribution in [3.63, 3.8) is 0 Å². The van der Waals surface area contributed by atoms with E-state index in [9.17, 15) is 0 Å². The maximum atomic E-state index is 6.04. The quantitative estimate of drug-likeness (QED) is 0.250. The van der Waals surface area contributed by atoms with Crippen molar-refractivity contribution in [2.45, 2.75) is 34.2 Å². The van der Waals surface area contributed by atoms with Crippen LogP contribution in [0.1, 0.15) is 29.2 Å². The second-order valence-electron chi connectivity index (χ2n) is 6.28. The van der Waals surface area contributed by atoms with E-state index in [-0.39, 0.29) is 24.0 Å². The lowest BCUT2D eigenvalue weighted by molar-refractivity contribution is 0.110. The molecule has 0 heterocycles. The summed E-state index contributed by atoms with van der Waals surface area (Å²) < 4.78 is 11.2. The molecule has 0 saturated carbocycles. The molecule has 2 aromatic carbocycles. The van der Waals surface area contributed by atoms with E-state index in [1.807, 2.05) is 38.1 Å². The van der Waals surface area contributed by atoms with Crippen LogP contribution in [0.5, 0.6) is 5.75 Å². The molecular formula is C21H30IN3O2. The topological polar surface area (TPSA) is 68.9 Å². The van der Waals surface area contributed by atoms with E-state index < -0.39 is 0 Å². The molecule has 0 aliphatic rings. The molecule has 0 aliphatic heterocycles. The molecule has 0 atom stereocenters. The molecule has 148 valence electrons. The maximum absolute atomic E-state index is 6.04. The van der Waals surface area contributed by atoms with Gasteiger partial charge in [-0.15, -0.1) is 24.0 Å². The lowest BCUT2D eigenvalue weighted by Crippen LogP contribution is -2.22. The van der Waals surface area contributed by atoms with Gasteiger partial charge in [-0.25, -0.2) is 4.99 Å². The SMILES string of the molecule is CCOCCOc1cc(C)ccc1CN=C(N)Nc1ccc(C)c(C)c1.I. The molecule has 0 saturated heterocycles. The summed E-state index contributed by atoms with van der Waals surface area (Å²) in [7, 11) is 0. The maximum Gasteiger partial charge on any atom is 0.193 e. The number of rotatable bonds is 8. The van der Waals surface area contributed by atoms with Gasteiger partial charge in [0.1, 0.15) is 12.4 Å². The minimum atomic E-state index is 0. The normalized spacial score (nSPS) is 11.0. The Labute approximate surface area is 179 Å². The zero-order valence-electron chi connectivity index (χ0n) is 16.5. The highest BCUT2D eigenvalue weighted by Gasteiger charge is 2.05. The highest BCUT2D eigenvalue weighted by molar-refractivity contribution is 14.0. The van der Waals surface area contributed by atoms with Crippen molar-refractivity contribution in [2.24, 2.45) is 10.7 Å². The van der Waals surface area contributed by atoms with E-state index in [2.05, 4.69) is 36.3 Å². The van der Waals surface area contributed by atoms with Gasteiger partial charge in [0.05, 0.1) is 13.2 Å². The van der Waals surface area contributed by atoms with Crippen molar-refractivity contribution in [3.8, 4) is 5.75 Å². The van der Waals surface area contributed by atoms with Crippen molar-refractivity contribution >= 4 is 35.6 Å². The number of nitrogens with zero attached hydrogens (tertiary/aromatic N) is 1. The predicted molar refractivity (Wildman–Crippen MR) is 123 cm³/mol. The number of ether oxygens (including phenoxy) is 2. The van der Waals surface area contributed by atoms with Crippen molar-refractivity contribution in [2.75, 3.05) is 25.1 Å². The third-order valence-corrected chi connectivity index (χ3v) is 4.11. The van der Waals surface area contributed by atoms with Gasteiger partial charge in [0.25, 0.3) is 0 Å². The number of anilines is 1. The summed E-state index contributed by atoms with van der Waals surface area (Å²) in [4.78, 5) is 4.45. The number of halogens is 1. The smallest absolute Gasteiger partial charge is 0.193 e. The first-order chi connectivity index (χ1) is 12.5. The number of guanidine groups is 1. The number of aryl methyl sites for hydroxylation is 3. The van der Waals surface area contributed by atoms with Crippen molar-refractivity contribution in [3.05, 3.63) is 58.7 Å². The van der Waals surface area contributed by atoms with Crippen LogP contribution in [0.4, 0.5) is 5.69 Å². The monoisotopic (exact) mass is 483 g/mol. The Kier molecular flexibility index (Phi) is 10.2. The lowest BCUT2D eigenvalue weighted by atomic mass is 10.1. The number of nitrogens with one attached hydrogen (secondary N) is 1. The minimum absolute atomic E-state index is 0. The first kappa shape index (κ1) is 23.2. The molecule has 6 heteroatoms. The summed E-state index contributed by atoms with van der Waals surface area (Å²) >= 11 is 0. The van der Waals surface area contributed by atoms with Crippen LogP contribution in [0.25, 0.3) is 0 Å². The van der Waals surface area contributed by atoms with Crippen molar-refractivity contribution in [1.82, 2.24) is 0 Å². The number of benzene rings is 2. The average molecular weight is 483 g/mol. The summed E-state index contributed by atoms with van der Waals surface area (Å²) in [5, 5.41) is 3.14. The van der Waals surface area contributed by atoms with Crippen LogP contribution in [0, 0.1) is 20.8 Å². The standard InChI is InChI=1S/C21H29N3O2.HI/c1-5-25-10-11-26-20-12-15(2)6-8-18(20)14-23-21(22)24-19-9-7-16(3)17(4)13-19;/h6-9,12-13H,5,10-11,14H2,1-4H3,(H3,22,23,24);1H. The Bertz CT molecular complexity index is 763. The molecule has 2 aromatic rings. The summed E-state index contributed by atoms with van der Waals surface area (Å²) in [6.45, 7) is 10.4. The zero-order chi connectivity index (χ0) is 18.9. The molecule has 0 bridgehead atoms. The third-order valence-electron chi connectivity index (χ3n) is 4.11. The molecule has 0 fully saturated rings. The summed E-state index contributed by atoms with van der Waals surface area (Å²) in [6, 6.07) is 12.2. The van der Waals surface area contributed by atoms with Crippen LogP contribution in [-0.4, -0.2) is 25.8 Å². The van der Waals surface area contributed by atoms with Crippen LogP contribution in [-0.2, 0) is 11.3 Å². The van der Waals surface area contributed by atoms with E-state index in [1.54, 1.807) is 0 Å². The first-order valence-corrected chi connectivity index (χ1v) is 8.94. The molecule has 0 spiro atoms. The number of hydrogen-bond donors (Lipinski definition) is 2. The lowest BCUT2D eigenvalue weighted by Gasteiger charge is -2.12. The fourth-order valence-electron chi connectivity index (χ4n) is 2.46. The number of nitrogens with two attached hydrogens (primary N) is 1. The summed E-state index contributed by atoms with van der Waals surface area (Å²) in [5.74, 6) is 1.21. The molecule has 2 rings (SSSR count). The van der Waals surface area contributed by atoms with E-state index >= 15 is 0 Å².